The van der Waals surface area contributed by atoms with Crippen LogP contribution in [0.3, 0.4) is 0 Å². The SMILES string of the molecule is CNc1cc(C(=O)NC2CCCC2OC)c([N+](=O)[O-])cn1. The highest BCUT2D eigenvalue weighted by Crippen LogP contribution is 2.24. The van der Waals surface area contributed by atoms with Crippen molar-refractivity contribution in [3.8, 4) is 0 Å². The fraction of sp³-hybridized carbons (Fsp3) is 0.538. The molecule has 1 amide bonds. The largest absolute Gasteiger partial charge is 0.379 e. The summed E-state index contributed by atoms with van der Waals surface area (Å²) in [5.74, 6) is -0.0741. The van der Waals surface area contributed by atoms with Crippen LogP contribution in [-0.2, 0) is 4.74 Å². The normalized spacial score (nSPS) is 21.0. The molecule has 1 saturated carbocycles. The first-order chi connectivity index (χ1) is 10.1. The predicted molar refractivity (Wildman–Crippen MR) is 76.3 cm³/mol. The van der Waals surface area contributed by atoms with E-state index >= 15 is 0 Å². The number of nitrogens with one attached hydrogen (secondary N) is 2. The summed E-state index contributed by atoms with van der Waals surface area (Å²) in [6, 6.07) is 1.26. The van der Waals surface area contributed by atoms with Crippen LogP contribution in [0.15, 0.2) is 12.3 Å². The number of methoxy groups -OCH3 is 1. The summed E-state index contributed by atoms with van der Waals surface area (Å²) in [4.78, 5) is 26.6. The molecule has 2 unspecified atom stereocenters. The number of anilines is 1. The lowest BCUT2D eigenvalue weighted by molar-refractivity contribution is -0.385. The molecule has 1 fully saturated rings. The molecular weight excluding hydrogens is 276 g/mol. The maximum absolute atomic E-state index is 12.3. The molecule has 1 aliphatic carbocycles. The maximum Gasteiger partial charge on any atom is 0.300 e. The van der Waals surface area contributed by atoms with Gasteiger partial charge in [-0.05, 0) is 19.3 Å². The van der Waals surface area contributed by atoms with Crippen molar-refractivity contribution >= 4 is 17.4 Å². The second kappa shape index (κ2) is 6.49. The average molecular weight is 294 g/mol. The fourth-order valence-electron chi connectivity index (χ4n) is 2.53. The third-order valence-corrected chi connectivity index (χ3v) is 3.65. The highest BCUT2D eigenvalue weighted by atomic mass is 16.6. The molecule has 1 aromatic heterocycles. The molecule has 2 rings (SSSR count). The van der Waals surface area contributed by atoms with E-state index in [-0.39, 0.29) is 23.4 Å². The number of aromatic nitrogens is 1. The molecule has 114 valence electrons. The Kier molecular flexibility index (Phi) is 4.69. The predicted octanol–water partition coefficient (Wildman–Crippen LogP) is 1.33. The lowest BCUT2D eigenvalue weighted by atomic mass is 10.1. The Hall–Kier alpha value is -2.22. The van der Waals surface area contributed by atoms with E-state index in [1.165, 1.54) is 6.07 Å². The van der Waals surface area contributed by atoms with Crippen LogP contribution in [0.1, 0.15) is 29.6 Å². The monoisotopic (exact) mass is 294 g/mol. The summed E-state index contributed by atoms with van der Waals surface area (Å²) in [5.41, 5.74) is -0.306. The van der Waals surface area contributed by atoms with Gasteiger partial charge in [0.15, 0.2) is 0 Å². The molecule has 8 nitrogen and oxygen atoms in total. The number of nitrogens with zero attached hydrogens (tertiary/aromatic N) is 2. The molecule has 0 saturated heterocycles. The zero-order chi connectivity index (χ0) is 15.4. The molecule has 0 spiro atoms. The molecule has 1 aliphatic rings. The zero-order valence-electron chi connectivity index (χ0n) is 12.0. The van der Waals surface area contributed by atoms with E-state index in [9.17, 15) is 14.9 Å². The summed E-state index contributed by atoms with van der Waals surface area (Å²) in [7, 11) is 3.23. The number of carbonyl (C=O) groups excluding carboxylic acids is 1. The van der Waals surface area contributed by atoms with Crippen molar-refractivity contribution in [2.24, 2.45) is 0 Å². The summed E-state index contributed by atoms with van der Waals surface area (Å²) in [6.07, 6.45) is 3.69. The van der Waals surface area contributed by atoms with Gasteiger partial charge in [0.25, 0.3) is 11.6 Å². The third-order valence-electron chi connectivity index (χ3n) is 3.65. The Bertz CT molecular complexity index is 549. The second-order valence-electron chi connectivity index (χ2n) is 4.88. The van der Waals surface area contributed by atoms with Crippen LogP contribution in [0.2, 0.25) is 0 Å². The van der Waals surface area contributed by atoms with Crippen molar-refractivity contribution in [3.05, 3.63) is 27.9 Å². The van der Waals surface area contributed by atoms with E-state index in [4.69, 9.17) is 4.74 Å². The van der Waals surface area contributed by atoms with Gasteiger partial charge in [-0.25, -0.2) is 4.98 Å². The van der Waals surface area contributed by atoms with Gasteiger partial charge in [0.1, 0.15) is 17.6 Å². The van der Waals surface area contributed by atoms with E-state index < -0.39 is 10.8 Å². The average Bonchev–Trinajstić information content (AvgIpc) is 2.93. The van der Waals surface area contributed by atoms with Crippen LogP contribution in [0, 0.1) is 10.1 Å². The molecule has 0 bridgehead atoms. The van der Waals surface area contributed by atoms with Crippen LogP contribution >= 0.6 is 0 Å². The van der Waals surface area contributed by atoms with Gasteiger partial charge in [-0.2, -0.15) is 0 Å². The third kappa shape index (κ3) is 3.27. The molecular formula is C13H18N4O4. The van der Waals surface area contributed by atoms with Gasteiger partial charge >= 0.3 is 0 Å². The van der Waals surface area contributed by atoms with Crippen LogP contribution in [0.4, 0.5) is 11.5 Å². The number of carbonyl (C=O) groups is 1. The van der Waals surface area contributed by atoms with Gasteiger partial charge in [0, 0.05) is 20.2 Å². The Balaban J connectivity index is 2.23. The van der Waals surface area contributed by atoms with Crippen LogP contribution in [0.25, 0.3) is 0 Å². The Labute approximate surface area is 122 Å². The van der Waals surface area contributed by atoms with Crippen LogP contribution in [-0.4, -0.2) is 42.1 Å². The number of ether oxygens (including phenoxy) is 1. The van der Waals surface area contributed by atoms with Gasteiger partial charge in [0.2, 0.25) is 0 Å². The lowest BCUT2D eigenvalue weighted by Gasteiger charge is -2.19. The molecule has 1 heterocycles. The van der Waals surface area contributed by atoms with E-state index in [1.807, 2.05) is 0 Å². The Morgan fingerprint density at radius 3 is 2.90 bits per heavy atom. The number of pyridine rings is 1. The molecule has 8 heteroatoms. The Morgan fingerprint density at radius 2 is 2.29 bits per heavy atom. The first kappa shape index (κ1) is 15.2. The maximum atomic E-state index is 12.3. The highest BCUT2D eigenvalue weighted by molar-refractivity contribution is 5.98. The summed E-state index contributed by atoms with van der Waals surface area (Å²) in [5, 5.41) is 16.6. The van der Waals surface area contributed by atoms with Crippen molar-refractivity contribution in [3.63, 3.8) is 0 Å². The summed E-state index contributed by atoms with van der Waals surface area (Å²) in [6.45, 7) is 0. The number of hydrogen-bond donors (Lipinski definition) is 2. The first-order valence-corrected chi connectivity index (χ1v) is 6.72. The van der Waals surface area contributed by atoms with Crippen LogP contribution in [0.5, 0.6) is 0 Å². The molecule has 0 aromatic carbocycles. The highest BCUT2D eigenvalue weighted by Gasteiger charge is 2.30. The molecule has 2 N–H and O–H groups in total. The van der Waals surface area contributed by atoms with Crippen molar-refractivity contribution in [2.45, 2.75) is 31.4 Å². The first-order valence-electron chi connectivity index (χ1n) is 6.72. The zero-order valence-corrected chi connectivity index (χ0v) is 12.0. The minimum atomic E-state index is -0.607. The second-order valence-corrected chi connectivity index (χ2v) is 4.88. The van der Waals surface area contributed by atoms with Crippen molar-refractivity contribution in [1.82, 2.24) is 10.3 Å². The van der Waals surface area contributed by atoms with Gasteiger partial charge in [-0.15, -0.1) is 0 Å². The van der Waals surface area contributed by atoms with Crippen molar-refractivity contribution in [1.29, 1.82) is 0 Å². The molecule has 1 aromatic rings. The standard InChI is InChI=1S/C13H18N4O4/c1-14-12-6-8(10(7-15-12)17(19)20)13(18)16-9-4-3-5-11(9)21-2/h6-7,9,11H,3-5H2,1-2H3,(H,14,15)(H,16,18). The fourth-order valence-corrected chi connectivity index (χ4v) is 2.53. The Morgan fingerprint density at radius 1 is 1.52 bits per heavy atom. The topological polar surface area (TPSA) is 106 Å². The smallest absolute Gasteiger partial charge is 0.300 e. The number of nitro groups is 1. The van der Waals surface area contributed by atoms with Gasteiger partial charge < -0.3 is 15.4 Å². The summed E-state index contributed by atoms with van der Waals surface area (Å²) >= 11 is 0. The molecule has 0 aliphatic heterocycles. The van der Waals surface area contributed by atoms with E-state index in [1.54, 1.807) is 14.2 Å². The van der Waals surface area contributed by atoms with Crippen LogP contribution < -0.4 is 10.6 Å². The lowest BCUT2D eigenvalue weighted by Crippen LogP contribution is -2.40. The van der Waals surface area contributed by atoms with Crippen molar-refractivity contribution < 1.29 is 14.5 Å². The van der Waals surface area contributed by atoms with Gasteiger partial charge in [0.05, 0.1) is 17.1 Å². The minimum absolute atomic E-state index is 0.00102. The molecule has 2 atom stereocenters. The van der Waals surface area contributed by atoms with E-state index in [2.05, 4.69) is 15.6 Å². The van der Waals surface area contributed by atoms with Gasteiger partial charge in [-0.3, -0.25) is 14.9 Å². The minimum Gasteiger partial charge on any atom is -0.379 e. The van der Waals surface area contributed by atoms with Crippen molar-refractivity contribution in [2.75, 3.05) is 19.5 Å². The quantitative estimate of drug-likeness (QED) is 0.626. The van der Waals surface area contributed by atoms with Gasteiger partial charge in [-0.1, -0.05) is 0 Å². The molecule has 0 radical (unpaired) electrons. The number of rotatable bonds is 5. The van der Waals surface area contributed by atoms with E-state index in [0.29, 0.717) is 5.82 Å². The summed E-state index contributed by atoms with van der Waals surface area (Å²) < 4.78 is 5.31. The number of hydrogen-bond acceptors (Lipinski definition) is 6. The van der Waals surface area contributed by atoms with E-state index in [0.717, 1.165) is 25.5 Å². The number of amides is 1. The molecule has 21 heavy (non-hydrogen) atoms.